The lowest BCUT2D eigenvalue weighted by atomic mass is 10.2. The first kappa shape index (κ1) is 27.8. The molecule has 0 fully saturated rings. The number of amides is 2. The fourth-order valence-electron chi connectivity index (χ4n) is 3.07. The molecule has 0 aromatic heterocycles. The molecule has 36 heavy (non-hydrogen) atoms. The van der Waals surface area contributed by atoms with Crippen LogP contribution in [-0.2, 0) is 16.2 Å². The molecule has 2 amide bonds. The van der Waals surface area contributed by atoms with E-state index in [1.165, 1.54) is 13.3 Å². The van der Waals surface area contributed by atoms with Gasteiger partial charge in [-0.2, -0.15) is 5.10 Å². The Balaban J connectivity index is 1.52. The van der Waals surface area contributed by atoms with Gasteiger partial charge in [-0.05, 0) is 71.5 Å². The highest BCUT2D eigenvalue weighted by Gasteiger charge is 2.13. The fourth-order valence-corrected chi connectivity index (χ4v) is 4.31. The first-order chi connectivity index (χ1) is 17.2. The van der Waals surface area contributed by atoms with Crippen molar-refractivity contribution in [3.8, 4) is 11.5 Å². The number of anilines is 1. The Labute approximate surface area is 233 Å². The Morgan fingerprint density at radius 3 is 2.44 bits per heavy atom. The summed E-state index contributed by atoms with van der Waals surface area (Å²) in [5.41, 5.74) is 5.72. The van der Waals surface area contributed by atoms with Crippen LogP contribution in [0.15, 0.2) is 59.7 Å². The topological polar surface area (TPSA) is 89.0 Å². The molecule has 0 unspecified atom stereocenters. The maximum Gasteiger partial charge on any atom is 0.240 e. The summed E-state index contributed by atoms with van der Waals surface area (Å²) in [6, 6.07) is 16.2. The minimum atomic E-state index is -0.369. The monoisotopic (exact) mass is 639 g/mol. The summed E-state index contributed by atoms with van der Waals surface area (Å²) < 4.78 is 12.2. The van der Waals surface area contributed by atoms with Crippen molar-refractivity contribution in [1.29, 1.82) is 0 Å². The number of hydrogen-bond donors (Lipinski definition) is 2. The van der Waals surface area contributed by atoms with Gasteiger partial charge in [-0.1, -0.05) is 47.0 Å². The van der Waals surface area contributed by atoms with E-state index in [9.17, 15) is 9.59 Å². The molecule has 0 aliphatic carbocycles. The normalized spacial score (nSPS) is 10.8. The SMILES string of the molecule is COc1cc(C=NNC(=O)CCC(=O)Nc2ccc(C)cc2)cc(I)c1OCc1ccc(Cl)cc1Cl. The Morgan fingerprint density at radius 2 is 1.75 bits per heavy atom. The maximum absolute atomic E-state index is 12.1. The van der Waals surface area contributed by atoms with Crippen molar-refractivity contribution in [2.24, 2.45) is 5.10 Å². The van der Waals surface area contributed by atoms with Crippen LogP contribution in [0.1, 0.15) is 29.5 Å². The summed E-state index contributed by atoms with van der Waals surface area (Å²) in [5, 5.41) is 7.82. The third-order valence-corrected chi connectivity index (χ3v) is 6.34. The zero-order valence-electron chi connectivity index (χ0n) is 19.6. The first-order valence-corrected chi connectivity index (χ1v) is 12.7. The van der Waals surface area contributed by atoms with Gasteiger partial charge in [0.15, 0.2) is 11.5 Å². The summed E-state index contributed by atoms with van der Waals surface area (Å²) in [7, 11) is 1.54. The lowest BCUT2D eigenvalue weighted by Gasteiger charge is -2.14. The number of carbonyl (C=O) groups is 2. The summed E-state index contributed by atoms with van der Waals surface area (Å²) in [4.78, 5) is 24.1. The predicted molar refractivity (Wildman–Crippen MR) is 151 cm³/mol. The van der Waals surface area contributed by atoms with E-state index in [0.717, 1.165) is 14.7 Å². The van der Waals surface area contributed by atoms with Crippen molar-refractivity contribution in [3.05, 3.63) is 84.9 Å². The van der Waals surface area contributed by atoms with E-state index in [4.69, 9.17) is 32.7 Å². The van der Waals surface area contributed by atoms with E-state index >= 15 is 0 Å². The third-order valence-electron chi connectivity index (χ3n) is 4.96. The molecule has 7 nitrogen and oxygen atoms in total. The van der Waals surface area contributed by atoms with E-state index < -0.39 is 0 Å². The summed E-state index contributed by atoms with van der Waals surface area (Å²) in [6.45, 7) is 2.21. The largest absolute Gasteiger partial charge is 0.493 e. The number of ether oxygens (including phenoxy) is 2. The predicted octanol–water partition coefficient (Wildman–Crippen LogP) is 6.36. The van der Waals surface area contributed by atoms with Crippen molar-refractivity contribution >= 4 is 69.5 Å². The van der Waals surface area contributed by atoms with Crippen LogP contribution >= 0.6 is 45.8 Å². The highest BCUT2D eigenvalue weighted by atomic mass is 127. The van der Waals surface area contributed by atoms with Gasteiger partial charge < -0.3 is 14.8 Å². The van der Waals surface area contributed by atoms with E-state index in [2.05, 4.69) is 38.4 Å². The molecule has 0 aliphatic heterocycles. The smallest absolute Gasteiger partial charge is 0.240 e. The molecule has 0 saturated carbocycles. The molecule has 0 atom stereocenters. The number of benzene rings is 3. The van der Waals surface area contributed by atoms with E-state index in [1.54, 1.807) is 24.3 Å². The molecule has 0 radical (unpaired) electrons. The average molecular weight is 640 g/mol. The van der Waals surface area contributed by atoms with Crippen molar-refractivity contribution < 1.29 is 19.1 Å². The van der Waals surface area contributed by atoms with Gasteiger partial charge in [-0.15, -0.1) is 0 Å². The highest BCUT2D eigenvalue weighted by molar-refractivity contribution is 14.1. The van der Waals surface area contributed by atoms with Gasteiger partial charge in [0.05, 0.1) is 16.9 Å². The van der Waals surface area contributed by atoms with Crippen LogP contribution in [0.3, 0.4) is 0 Å². The van der Waals surface area contributed by atoms with Gasteiger partial charge in [-0.25, -0.2) is 5.43 Å². The Morgan fingerprint density at radius 1 is 1.03 bits per heavy atom. The zero-order chi connectivity index (χ0) is 26.1. The Bertz CT molecular complexity index is 1270. The molecular formula is C26H24Cl2IN3O4. The molecule has 3 rings (SSSR count). The Hall–Kier alpha value is -2.82. The molecule has 188 valence electrons. The Kier molecular flexibility index (Phi) is 10.4. The van der Waals surface area contributed by atoms with Crippen molar-refractivity contribution in [2.45, 2.75) is 26.4 Å². The van der Waals surface area contributed by atoms with E-state index in [0.29, 0.717) is 32.8 Å². The van der Waals surface area contributed by atoms with Crippen LogP contribution in [0, 0.1) is 10.5 Å². The first-order valence-electron chi connectivity index (χ1n) is 10.9. The number of carbonyl (C=O) groups excluding carboxylic acids is 2. The molecule has 3 aromatic rings. The number of hydrogen-bond acceptors (Lipinski definition) is 5. The van der Waals surface area contributed by atoms with Crippen molar-refractivity contribution in [3.63, 3.8) is 0 Å². The van der Waals surface area contributed by atoms with Crippen LogP contribution in [0.2, 0.25) is 10.0 Å². The highest BCUT2D eigenvalue weighted by Crippen LogP contribution is 2.35. The number of nitrogens with one attached hydrogen (secondary N) is 2. The molecule has 10 heteroatoms. The minimum Gasteiger partial charge on any atom is -0.493 e. The van der Waals surface area contributed by atoms with Gasteiger partial charge in [0.1, 0.15) is 6.61 Å². The lowest BCUT2D eigenvalue weighted by Crippen LogP contribution is -2.20. The summed E-state index contributed by atoms with van der Waals surface area (Å²) >= 11 is 14.3. The van der Waals surface area contributed by atoms with Gasteiger partial charge in [0, 0.05) is 34.1 Å². The number of rotatable bonds is 10. The number of aryl methyl sites for hydroxylation is 1. The zero-order valence-corrected chi connectivity index (χ0v) is 23.3. The molecular weight excluding hydrogens is 616 g/mol. The number of hydrazone groups is 1. The molecule has 2 N–H and O–H groups in total. The minimum absolute atomic E-state index is 0.00985. The second-order valence-corrected chi connectivity index (χ2v) is 9.77. The number of nitrogens with zero attached hydrogens (tertiary/aromatic N) is 1. The standard InChI is InChI=1S/C26H24Cl2IN3O4/c1-16-3-7-20(8-4-16)31-24(33)9-10-25(34)32-30-14-17-11-22(29)26(23(12-17)35-2)36-15-18-5-6-19(27)13-21(18)28/h3-8,11-14H,9-10,15H2,1-2H3,(H,31,33)(H,32,34). The van der Waals surface area contributed by atoms with Gasteiger partial charge >= 0.3 is 0 Å². The number of methoxy groups -OCH3 is 1. The lowest BCUT2D eigenvalue weighted by molar-refractivity contribution is -0.124. The fraction of sp³-hybridized carbons (Fsp3) is 0.192. The second-order valence-electron chi connectivity index (χ2n) is 7.77. The molecule has 3 aromatic carbocycles. The molecule has 0 spiro atoms. The quantitative estimate of drug-likeness (QED) is 0.153. The molecule has 0 heterocycles. The van der Waals surface area contributed by atoms with E-state index in [1.807, 2.05) is 37.3 Å². The van der Waals surface area contributed by atoms with Crippen LogP contribution in [-0.4, -0.2) is 25.1 Å². The van der Waals surface area contributed by atoms with Gasteiger partial charge in [0.2, 0.25) is 11.8 Å². The average Bonchev–Trinajstić information content (AvgIpc) is 2.84. The molecule has 0 saturated heterocycles. The van der Waals surface area contributed by atoms with Crippen molar-refractivity contribution in [1.82, 2.24) is 5.43 Å². The molecule has 0 bridgehead atoms. The van der Waals surface area contributed by atoms with Crippen LogP contribution < -0.4 is 20.2 Å². The van der Waals surface area contributed by atoms with Crippen LogP contribution in [0.25, 0.3) is 0 Å². The third kappa shape index (κ3) is 8.39. The van der Waals surface area contributed by atoms with Crippen LogP contribution in [0.5, 0.6) is 11.5 Å². The van der Waals surface area contributed by atoms with Gasteiger partial charge in [-0.3, -0.25) is 9.59 Å². The maximum atomic E-state index is 12.1. The second kappa shape index (κ2) is 13.5. The van der Waals surface area contributed by atoms with Gasteiger partial charge in [0.25, 0.3) is 0 Å². The van der Waals surface area contributed by atoms with E-state index in [-0.39, 0.29) is 31.3 Å². The summed E-state index contributed by atoms with van der Waals surface area (Å²) in [5.74, 6) is 0.456. The van der Waals surface area contributed by atoms with Crippen molar-refractivity contribution in [2.75, 3.05) is 12.4 Å². The number of halogens is 3. The summed E-state index contributed by atoms with van der Waals surface area (Å²) in [6.07, 6.45) is 1.55. The molecule has 0 aliphatic rings. The van der Waals surface area contributed by atoms with Crippen LogP contribution in [0.4, 0.5) is 5.69 Å².